The molecule has 0 saturated heterocycles. The van der Waals surface area contributed by atoms with Crippen molar-refractivity contribution in [3.63, 3.8) is 0 Å². The Morgan fingerprint density at radius 2 is 2.00 bits per heavy atom. The lowest BCUT2D eigenvalue weighted by Gasteiger charge is -2.20. The third kappa shape index (κ3) is 4.58. The summed E-state index contributed by atoms with van der Waals surface area (Å²) in [6.07, 6.45) is 0.796. The molecule has 1 atom stereocenters. The minimum absolute atomic E-state index is 0.180. The van der Waals surface area contributed by atoms with Crippen molar-refractivity contribution in [3.05, 3.63) is 0 Å². The molecule has 0 amide bonds. The van der Waals surface area contributed by atoms with Gasteiger partial charge in [-0.15, -0.1) is 0 Å². The second-order valence-corrected chi connectivity index (χ2v) is 3.18. The number of esters is 1. The van der Waals surface area contributed by atoms with Gasteiger partial charge in [-0.3, -0.25) is 4.79 Å². The number of carbonyl (C=O) groups is 1. The molecule has 0 fully saturated rings. The Hall–Kier alpha value is -0.610. The first-order chi connectivity index (χ1) is 6.69. The van der Waals surface area contributed by atoms with Gasteiger partial charge in [-0.2, -0.15) is 0 Å². The van der Waals surface area contributed by atoms with E-state index >= 15 is 0 Å². The maximum absolute atomic E-state index is 11.2. The monoisotopic (exact) mass is 202 g/mol. The molecule has 0 heterocycles. The van der Waals surface area contributed by atoms with Gasteiger partial charge in [0.15, 0.2) is 0 Å². The van der Waals surface area contributed by atoms with Crippen molar-refractivity contribution in [2.24, 2.45) is 0 Å². The zero-order valence-electron chi connectivity index (χ0n) is 9.67. The lowest BCUT2D eigenvalue weighted by molar-refractivity contribution is -0.143. The summed E-state index contributed by atoms with van der Waals surface area (Å²) >= 11 is 0. The van der Waals surface area contributed by atoms with E-state index in [2.05, 4.69) is 28.8 Å². The highest BCUT2D eigenvalue weighted by molar-refractivity contribution is 5.75. The van der Waals surface area contributed by atoms with Gasteiger partial charge in [-0.05, 0) is 26.6 Å². The van der Waals surface area contributed by atoms with Crippen LogP contribution >= 0.6 is 0 Å². The lowest BCUT2D eigenvalue weighted by Crippen LogP contribution is -2.38. The molecule has 0 radical (unpaired) electrons. The Morgan fingerprint density at radius 1 is 1.43 bits per heavy atom. The van der Waals surface area contributed by atoms with Crippen LogP contribution in [-0.2, 0) is 9.53 Å². The smallest absolute Gasteiger partial charge is 0.322 e. The van der Waals surface area contributed by atoms with Crippen LogP contribution in [0.25, 0.3) is 0 Å². The molecule has 0 aliphatic heterocycles. The predicted molar refractivity (Wildman–Crippen MR) is 57.3 cm³/mol. The number of rotatable bonds is 7. The molecule has 84 valence electrons. The average Bonchev–Trinajstić information content (AvgIpc) is 2.24. The van der Waals surface area contributed by atoms with Crippen LogP contribution in [0.4, 0.5) is 0 Å². The molecule has 0 aromatic heterocycles. The Morgan fingerprint density at radius 3 is 2.36 bits per heavy atom. The van der Waals surface area contributed by atoms with Crippen LogP contribution in [-0.4, -0.2) is 50.7 Å². The molecule has 0 rings (SSSR count). The molecule has 1 N–H and O–H groups in total. The quantitative estimate of drug-likeness (QED) is 0.610. The lowest BCUT2D eigenvalue weighted by atomic mass is 10.2. The minimum atomic E-state index is -0.181. The SMILES string of the molecule is CCN(CC)CCC(NC)C(=O)OC. The van der Waals surface area contributed by atoms with Gasteiger partial charge in [0.2, 0.25) is 0 Å². The third-order valence-corrected chi connectivity index (χ3v) is 2.46. The van der Waals surface area contributed by atoms with Gasteiger partial charge in [0, 0.05) is 6.54 Å². The number of hydrogen-bond donors (Lipinski definition) is 1. The first kappa shape index (κ1) is 13.4. The Labute approximate surface area is 86.6 Å². The van der Waals surface area contributed by atoms with Crippen molar-refractivity contribution in [3.8, 4) is 0 Å². The van der Waals surface area contributed by atoms with Crippen molar-refractivity contribution in [1.29, 1.82) is 0 Å². The highest BCUT2D eigenvalue weighted by Gasteiger charge is 2.16. The molecule has 0 bridgehead atoms. The molecule has 0 aromatic carbocycles. The van der Waals surface area contributed by atoms with Crippen LogP contribution < -0.4 is 5.32 Å². The third-order valence-electron chi connectivity index (χ3n) is 2.46. The largest absolute Gasteiger partial charge is 0.468 e. The second kappa shape index (κ2) is 7.76. The summed E-state index contributed by atoms with van der Waals surface area (Å²) in [5.74, 6) is -0.181. The molecule has 4 nitrogen and oxygen atoms in total. The molecular weight excluding hydrogens is 180 g/mol. The van der Waals surface area contributed by atoms with Crippen LogP contribution in [0.15, 0.2) is 0 Å². The fraction of sp³-hybridized carbons (Fsp3) is 0.900. The molecular formula is C10H22N2O2. The van der Waals surface area contributed by atoms with Crippen molar-refractivity contribution in [2.75, 3.05) is 33.8 Å². The number of likely N-dealkylation sites (N-methyl/N-ethyl adjacent to an activating group) is 1. The van der Waals surface area contributed by atoms with Gasteiger partial charge in [0.1, 0.15) is 6.04 Å². The van der Waals surface area contributed by atoms with Crippen molar-refractivity contribution >= 4 is 5.97 Å². The second-order valence-electron chi connectivity index (χ2n) is 3.18. The number of ether oxygens (including phenoxy) is 1. The molecule has 14 heavy (non-hydrogen) atoms. The molecule has 0 aliphatic carbocycles. The average molecular weight is 202 g/mol. The van der Waals surface area contributed by atoms with E-state index in [1.165, 1.54) is 7.11 Å². The topological polar surface area (TPSA) is 41.6 Å². The van der Waals surface area contributed by atoms with E-state index in [1.807, 2.05) is 0 Å². The summed E-state index contributed by atoms with van der Waals surface area (Å²) in [5.41, 5.74) is 0. The van der Waals surface area contributed by atoms with Crippen LogP contribution in [0, 0.1) is 0 Å². The molecule has 0 spiro atoms. The Balaban J connectivity index is 3.88. The summed E-state index contributed by atoms with van der Waals surface area (Å²) in [5, 5.41) is 2.96. The summed E-state index contributed by atoms with van der Waals surface area (Å²) in [6.45, 7) is 7.21. The highest BCUT2D eigenvalue weighted by Crippen LogP contribution is 1.98. The minimum Gasteiger partial charge on any atom is -0.468 e. The van der Waals surface area contributed by atoms with E-state index in [0.717, 1.165) is 26.1 Å². The highest BCUT2D eigenvalue weighted by atomic mass is 16.5. The van der Waals surface area contributed by atoms with Crippen LogP contribution in [0.3, 0.4) is 0 Å². The predicted octanol–water partition coefficient (Wildman–Crippen LogP) is 0.479. The van der Waals surface area contributed by atoms with Crippen LogP contribution in [0.2, 0.25) is 0 Å². The van der Waals surface area contributed by atoms with E-state index in [1.54, 1.807) is 7.05 Å². The van der Waals surface area contributed by atoms with Gasteiger partial charge >= 0.3 is 5.97 Å². The van der Waals surface area contributed by atoms with Gasteiger partial charge in [0.25, 0.3) is 0 Å². The van der Waals surface area contributed by atoms with Crippen LogP contribution in [0.1, 0.15) is 20.3 Å². The first-order valence-electron chi connectivity index (χ1n) is 5.16. The summed E-state index contributed by atoms with van der Waals surface area (Å²) < 4.78 is 4.68. The molecule has 0 aliphatic rings. The maximum atomic E-state index is 11.2. The zero-order chi connectivity index (χ0) is 11.0. The van der Waals surface area contributed by atoms with Gasteiger partial charge in [-0.1, -0.05) is 13.8 Å². The van der Waals surface area contributed by atoms with E-state index in [0.29, 0.717) is 0 Å². The fourth-order valence-corrected chi connectivity index (χ4v) is 1.37. The number of nitrogens with zero attached hydrogens (tertiary/aromatic N) is 1. The van der Waals surface area contributed by atoms with Crippen molar-refractivity contribution in [2.45, 2.75) is 26.3 Å². The molecule has 4 heteroatoms. The number of hydrogen-bond acceptors (Lipinski definition) is 4. The molecule has 0 aromatic rings. The fourth-order valence-electron chi connectivity index (χ4n) is 1.37. The first-order valence-corrected chi connectivity index (χ1v) is 5.16. The number of methoxy groups -OCH3 is 1. The maximum Gasteiger partial charge on any atom is 0.322 e. The Bertz CT molecular complexity index is 158. The van der Waals surface area contributed by atoms with Gasteiger partial charge in [-0.25, -0.2) is 0 Å². The summed E-state index contributed by atoms with van der Waals surface area (Å²) in [6, 6.07) is -0.180. The summed E-state index contributed by atoms with van der Waals surface area (Å²) in [7, 11) is 3.20. The number of carbonyl (C=O) groups excluding carboxylic acids is 1. The molecule has 1 unspecified atom stereocenters. The molecule has 0 saturated carbocycles. The van der Waals surface area contributed by atoms with Crippen LogP contribution in [0.5, 0.6) is 0 Å². The zero-order valence-corrected chi connectivity index (χ0v) is 9.67. The van der Waals surface area contributed by atoms with Crippen molar-refractivity contribution in [1.82, 2.24) is 10.2 Å². The van der Waals surface area contributed by atoms with E-state index in [4.69, 9.17) is 0 Å². The standard InChI is InChI=1S/C10H22N2O2/c1-5-12(6-2)8-7-9(11-3)10(13)14-4/h9,11H,5-8H2,1-4H3. The van der Waals surface area contributed by atoms with Gasteiger partial charge < -0.3 is 15.0 Å². The van der Waals surface area contributed by atoms with Gasteiger partial charge in [0.05, 0.1) is 7.11 Å². The van der Waals surface area contributed by atoms with E-state index in [9.17, 15) is 4.79 Å². The number of nitrogens with one attached hydrogen (secondary N) is 1. The van der Waals surface area contributed by atoms with Crippen molar-refractivity contribution < 1.29 is 9.53 Å². The summed E-state index contributed by atoms with van der Waals surface area (Å²) in [4.78, 5) is 13.5. The van der Waals surface area contributed by atoms with E-state index in [-0.39, 0.29) is 12.0 Å². The normalized spacial score (nSPS) is 12.9. The van der Waals surface area contributed by atoms with E-state index < -0.39 is 0 Å². The Kier molecular flexibility index (Phi) is 7.42.